The highest BCUT2D eigenvalue weighted by atomic mass is 16.5. The summed E-state index contributed by atoms with van der Waals surface area (Å²) >= 11 is 0. The standard InChI is InChI=1S/C24H34NO4/c1-7-11-25(2)12-10-18-15-23(28-5)24(29-6)16-19(18)20(25)13-17-8-9-21(26-3)22(14-17)27-4/h8-9,14-16,20H,7,10-13H2,1-6H3/q+1/t20-,25+/m0/s1. The van der Waals surface area contributed by atoms with Gasteiger partial charge in [0.25, 0.3) is 0 Å². The molecule has 1 heterocycles. The Kier molecular flexibility index (Phi) is 6.58. The molecule has 0 spiro atoms. The average molecular weight is 401 g/mol. The largest absolute Gasteiger partial charge is 0.493 e. The minimum Gasteiger partial charge on any atom is -0.493 e. The third-order valence-electron chi connectivity index (χ3n) is 6.26. The minimum absolute atomic E-state index is 0.344. The van der Waals surface area contributed by atoms with E-state index >= 15 is 0 Å². The molecule has 2 aromatic carbocycles. The van der Waals surface area contributed by atoms with E-state index in [0.717, 1.165) is 59.8 Å². The molecule has 0 fully saturated rings. The van der Waals surface area contributed by atoms with Crippen LogP contribution in [0.15, 0.2) is 30.3 Å². The van der Waals surface area contributed by atoms with E-state index in [-0.39, 0.29) is 0 Å². The lowest BCUT2D eigenvalue weighted by molar-refractivity contribution is -0.941. The molecule has 0 saturated carbocycles. The van der Waals surface area contributed by atoms with Crippen LogP contribution in [0.4, 0.5) is 0 Å². The Bertz CT molecular complexity index is 851. The number of hydrogen-bond acceptors (Lipinski definition) is 4. The lowest BCUT2D eigenvalue weighted by atomic mass is 9.86. The van der Waals surface area contributed by atoms with Gasteiger partial charge in [-0.15, -0.1) is 0 Å². The maximum atomic E-state index is 5.63. The predicted molar refractivity (Wildman–Crippen MR) is 115 cm³/mol. The van der Waals surface area contributed by atoms with Gasteiger partial charge < -0.3 is 23.4 Å². The van der Waals surface area contributed by atoms with Gasteiger partial charge in [0.05, 0.1) is 48.6 Å². The van der Waals surface area contributed by atoms with E-state index in [2.05, 4.69) is 38.2 Å². The van der Waals surface area contributed by atoms with Crippen LogP contribution in [0.5, 0.6) is 23.0 Å². The lowest BCUT2D eigenvalue weighted by Gasteiger charge is -2.46. The molecule has 29 heavy (non-hydrogen) atoms. The number of quaternary nitrogens is 1. The highest BCUT2D eigenvalue weighted by Gasteiger charge is 2.39. The number of hydrogen-bond donors (Lipinski definition) is 0. The number of ether oxygens (including phenoxy) is 4. The zero-order chi connectivity index (χ0) is 21.0. The molecule has 1 aliphatic heterocycles. The van der Waals surface area contributed by atoms with E-state index in [9.17, 15) is 0 Å². The summed E-state index contributed by atoms with van der Waals surface area (Å²) in [4.78, 5) is 0. The molecular formula is C24H34NO4+. The molecule has 3 rings (SSSR count). The molecule has 0 saturated heterocycles. The molecule has 0 amide bonds. The van der Waals surface area contributed by atoms with Crippen LogP contribution in [0.3, 0.4) is 0 Å². The second-order valence-corrected chi connectivity index (χ2v) is 7.99. The molecule has 0 bridgehead atoms. The van der Waals surface area contributed by atoms with Crippen LogP contribution in [0.25, 0.3) is 0 Å². The summed E-state index contributed by atoms with van der Waals surface area (Å²) in [6, 6.07) is 10.9. The van der Waals surface area contributed by atoms with Crippen molar-refractivity contribution in [3.63, 3.8) is 0 Å². The third kappa shape index (κ3) is 4.15. The normalized spacial score (nSPS) is 20.7. The Hall–Kier alpha value is -2.40. The van der Waals surface area contributed by atoms with Gasteiger partial charge in [0.1, 0.15) is 6.04 Å². The minimum atomic E-state index is 0.344. The molecule has 0 aromatic heterocycles. The highest BCUT2D eigenvalue weighted by Crippen LogP contribution is 2.43. The molecule has 158 valence electrons. The van der Waals surface area contributed by atoms with Crippen LogP contribution in [0.1, 0.15) is 36.1 Å². The molecule has 0 radical (unpaired) electrons. The number of likely N-dealkylation sites (N-methyl/N-ethyl adjacent to an activating group) is 1. The Morgan fingerprint density at radius 1 is 0.862 bits per heavy atom. The maximum Gasteiger partial charge on any atom is 0.161 e. The fourth-order valence-corrected chi connectivity index (χ4v) is 4.67. The van der Waals surface area contributed by atoms with E-state index in [1.807, 2.05) is 6.07 Å². The first kappa shape index (κ1) is 21.3. The van der Waals surface area contributed by atoms with Gasteiger partial charge in [-0.05, 0) is 41.8 Å². The predicted octanol–water partition coefficient (Wildman–Crippen LogP) is 4.42. The second-order valence-electron chi connectivity index (χ2n) is 7.99. The van der Waals surface area contributed by atoms with Crippen molar-refractivity contribution in [2.75, 3.05) is 48.6 Å². The first-order valence-electron chi connectivity index (χ1n) is 10.3. The second kappa shape index (κ2) is 8.95. The molecular weight excluding hydrogens is 366 g/mol. The summed E-state index contributed by atoms with van der Waals surface area (Å²) in [5.74, 6) is 3.15. The van der Waals surface area contributed by atoms with Crippen LogP contribution in [-0.4, -0.2) is 53.1 Å². The van der Waals surface area contributed by atoms with Gasteiger partial charge in [-0.3, -0.25) is 0 Å². The van der Waals surface area contributed by atoms with Gasteiger partial charge in [-0.2, -0.15) is 0 Å². The number of methoxy groups -OCH3 is 4. The molecule has 2 atom stereocenters. The Morgan fingerprint density at radius 3 is 2.10 bits per heavy atom. The Labute approximate surface area is 174 Å². The Balaban J connectivity index is 2.06. The smallest absolute Gasteiger partial charge is 0.161 e. The molecule has 2 aromatic rings. The van der Waals surface area contributed by atoms with Crippen molar-refractivity contribution >= 4 is 0 Å². The van der Waals surface area contributed by atoms with Crippen molar-refractivity contribution in [3.05, 3.63) is 47.0 Å². The quantitative estimate of drug-likeness (QED) is 0.615. The Morgan fingerprint density at radius 2 is 1.48 bits per heavy atom. The summed E-state index contributed by atoms with van der Waals surface area (Å²) < 4.78 is 23.1. The molecule has 0 N–H and O–H groups in total. The van der Waals surface area contributed by atoms with E-state index in [4.69, 9.17) is 18.9 Å². The fourth-order valence-electron chi connectivity index (χ4n) is 4.67. The molecule has 5 heteroatoms. The summed E-state index contributed by atoms with van der Waals surface area (Å²) in [6.45, 7) is 4.53. The van der Waals surface area contributed by atoms with E-state index in [1.54, 1.807) is 28.4 Å². The number of benzene rings is 2. The van der Waals surface area contributed by atoms with Crippen molar-refractivity contribution in [2.24, 2.45) is 0 Å². The summed E-state index contributed by atoms with van der Waals surface area (Å²) in [6.07, 6.45) is 3.13. The fraction of sp³-hybridized carbons (Fsp3) is 0.500. The zero-order valence-corrected chi connectivity index (χ0v) is 18.6. The van der Waals surface area contributed by atoms with Crippen molar-refractivity contribution in [3.8, 4) is 23.0 Å². The van der Waals surface area contributed by atoms with Crippen molar-refractivity contribution in [1.82, 2.24) is 0 Å². The van der Waals surface area contributed by atoms with E-state index in [1.165, 1.54) is 16.7 Å². The topological polar surface area (TPSA) is 36.9 Å². The molecule has 5 nitrogen and oxygen atoms in total. The van der Waals surface area contributed by atoms with Gasteiger partial charge in [0.15, 0.2) is 23.0 Å². The van der Waals surface area contributed by atoms with Crippen LogP contribution >= 0.6 is 0 Å². The van der Waals surface area contributed by atoms with Gasteiger partial charge in [0, 0.05) is 18.4 Å². The average Bonchev–Trinajstić information content (AvgIpc) is 2.74. The van der Waals surface area contributed by atoms with Crippen LogP contribution in [0, 0.1) is 0 Å². The SMILES string of the molecule is CCC[N@+]1(C)CCc2cc(OC)c(OC)cc2[C@@H]1Cc1ccc(OC)c(OC)c1. The molecule has 0 aliphatic carbocycles. The van der Waals surface area contributed by atoms with Crippen LogP contribution in [0.2, 0.25) is 0 Å². The van der Waals surface area contributed by atoms with E-state index < -0.39 is 0 Å². The lowest BCUT2D eigenvalue weighted by Crippen LogP contribution is -2.52. The van der Waals surface area contributed by atoms with Gasteiger partial charge in [-0.25, -0.2) is 0 Å². The first-order chi connectivity index (χ1) is 14.0. The maximum absolute atomic E-state index is 5.63. The van der Waals surface area contributed by atoms with Crippen molar-refractivity contribution < 1.29 is 23.4 Å². The van der Waals surface area contributed by atoms with Crippen molar-refractivity contribution in [2.45, 2.75) is 32.2 Å². The summed E-state index contributed by atoms with van der Waals surface area (Å²) in [5, 5.41) is 0. The molecule has 1 aliphatic rings. The monoisotopic (exact) mass is 400 g/mol. The van der Waals surface area contributed by atoms with Gasteiger partial charge in [0.2, 0.25) is 0 Å². The first-order valence-corrected chi connectivity index (χ1v) is 10.3. The number of nitrogens with zero attached hydrogens (tertiary/aromatic N) is 1. The van der Waals surface area contributed by atoms with Gasteiger partial charge in [-0.1, -0.05) is 13.0 Å². The summed E-state index contributed by atoms with van der Waals surface area (Å²) in [7, 11) is 9.15. The van der Waals surface area contributed by atoms with Crippen LogP contribution in [-0.2, 0) is 12.8 Å². The summed E-state index contributed by atoms with van der Waals surface area (Å²) in [5.41, 5.74) is 3.97. The molecule has 0 unspecified atom stereocenters. The highest BCUT2D eigenvalue weighted by molar-refractivity contribution is 5.50. The number of rotatable bonds is 8. The number of fused-ring (bicyclic) bond motifs is 1. The van der Waals surface area contributed by atoms with E-state index in [0.29, 0.717) is 6.04 Å². The third-order valence-corrected chi connectivity index (χ3v) is 6.26. The van der Waals surface area contributed by atoms with Crippen molar-refractivity contribution in [1.29, 1.82) is 0 Å². The van der Waals surface area contributed by atoms with Crippen LogP contribution < -0.4 is 18.9 Å². The zero-order valence-electron chi connectivity index (χ0n) is 18.6. The van der Waals surface area contributed by atoms with Gasteiger partial charge >= 0.3 is 0 Å².